The van der Waals surface area contributed by atoms with E-state index in [2.05, 4.69) is 14.5 Å². The number of carbonyl (C=O) groups excluding carboxylic acids is 1. The number of nitrogens with two attached hydrogens (primary N) is 1. The van der Waals surface area contributed by atoms with Crippen LogP contribution in [0.2, 0.25) is 5.02 Å². The van der Waals surface area contributed by atoms with Crippen molar-refractivity contribution in [2.75, 3.05) is 18.8 Å². The molecule has 2 saturated heterocycles. The van der Waals surface area contributed by atoms with Gasteiger partial charge in [0.2, 0.25) is 0 Å². The highest BCUT2D eigenvalue weighted by Crippen LogP contribution is 2.35. The molecule has 4 rings (SSSR count). The number of ether oxygens (including phenoxy) is 1. The van der Waals surface area contributed by atoms with Gasteiger partial charge < -0.3 is 15.4 Å². The van der Waals surface area contributed by atoms with Crippen LogP contribution in [0.5, 0.6) is 5.75 Å². The van der Waals surface area contributed by atoms with Gasteiger partial charge in [-0.15, -0.1) is 13.2 Å². The van der Waals surface area contributed by atoms with E-state index in [0.717, 1.165) is 43.6 Å². The highest BCUT2D eigenvalue weighted by atomic mass is 35.5. The predicted octanol–water partition coefficient (Wildman–Crippen LogP) is 5.01. The first-order valence-corrected chi connectivity index (χ1v) is 10.8. The van der Waals surface area contributed by atoms with Crippen molar-refractivity contribution in [2.45, 2.75) is 37.8 Å². The van der Waals surface area contributed by atoms with Crippen LogP contribution in [0.1, 0.15) is 28.8 Å². The van der Waals surface area contributed by atoms with Gasteiger partial charge in [-0.05, 0) is 42.7 Å². The molecule has 0 aromatic heterocycles. The summed E-state index contributed by atoms with van der Waals surface area (Å²) >= 11 is 5.77. The van der Waals surface area contributed by atoms with Crippen molar-refractivity contribution in [1.29, 1.82) is 0 Å². The van der Waals surface area contributed by atoms with Gasteiger partial charge in [0.15, 0.2) is 5.78 Å². The monoisotopic (exact) mass is 483 g/mol. The summed E-state index contributed by atoms with van der Waals surface area (Å²) in [7, 11) is 0. The Kier molecular flexibility index (Phi) is 6.54. The summed E-state index contributed by atoms with van der Waals surface area (Å²) in [5.41, 5.74) is 6.70. The number of hydrogen-bond donors (Lipinski definition) is 1. The molecule has 0 aliphatic carbocycles. The van der Waals surface area contributed by atoms with E-state index in [1.54, 1.807) is 18.3 Å². The molecule has 0 saturated carbocycles. The number of alkyl halides is 3. The number of piperazine rings is 1. The number of halogens is 5. The third-order valence-electron chi connectivity index (χ3n) is 5.93. The maximum atomic E-state index is 13.1. The Labute approximate surface area is 193 Å². The number of nitrogen functional groups attached to an aromatic ring is 1. The minimum atomic E-state index is -4.94. The Balaban J connectivity index is 1.43. The van der Waals surface area contributed by atoms with Gasteiger partial charge in [-0.3, -0.25) is 9.69 Å². The number of allylic oxidation sites excluding steroid dienone is 1. The summed E-state index contributed by atoms with van der Waals surface area (Å²) < 4.78 is 54.8. The molecule has 2 unspecified atom stereocenters. The van der Waals surface area contributed by atoms with Crippen molar-refractivity contribution < 1.29 is 27.1 Å². The van der Waals surface area contributed by atoms with E-state index in [4.69, 9.17) is 17.3 Å². The smallest absolute Gasteiger partial charge is 0.404 e. The molecular weight excluding hydrogens is 462 g/mol. The number of fused-ring (bicyclic) bond motifs is 2. The standard InChI is InChI=1S/C23H22ClF4N3O2/c24-19-10-20(29)18(9-22(19)33-23(26,27)28)21(32)7-8-31-16-5-6-17(31)13-30(12-16)11-14-1-3-15(25)4-2-14/h1-4,7-10,16-17H,5-6,11-13,29H2/b8-7+. The molecule has 0 radical (unpaired) electrons. The van der Waals surface area contributed by atoms with Crippen LogP contribution in [0.4, 0.5) is 23.2 Å². The third kappa shape index (κ3) is 5.59. The van der Waals surface area contributed by atoms with Crippen molar-refractivity contribution in [3.05, 3.63) is 70.6 Å². The van der Waals surface area contributed by atoms with E-state index in [0.29, 0.717) is 6.54 Å². The van der Waals surface area contributed by atoms with Gasteiger partial charge in [0.05, 0.1) is 5.02 Å². The lowest BCUT2D eigenvalue weighted by atomic mass is 10.1. The average Bonchev–Trinajstić information content (AvgIpc) is 2.97. The molecule has 0 spiro atoms. The van der Waals surface area contributed by atoms with Gasteiger partial charge >= 0.3 is 6.36 Å². The van der Waals surface area contributed by atoms with E-state index >= 15 is 0 Å². The lowest BCUT2D eigenvalue weighted by molar-refractivity contribution is -0.274. The molecule has 2 bridgehead atoms. The van der Waals surface area contributed by atoms with Crippen LogP contribution in [0.15, 0.2) is 48.7 Å². The van der Waals surface area contributed by atoms with E-state index in [-0.39, 0.29) is 34.2 Å². The lowest BCUT2D eigenvalue weighted by Gasteiger charge is -2.40. The second kappa shape index (κ2) is 9.23. The van der Waals surface area contributed by atoms with Gasteiger partial charge in [0, 0.05) is 55.2 Å². The molecule has 5 nitrogen and oxygen atoms in total. The van der Waals surface area contributed by atoms with Crippen LogP contribution < -0.4 is 10.5 Å². The molecular formula is C23H22ClF4N3O2. The maximum Gasteiger partial charge on any atom is 0.573 e. The zero-order chi connectivity index (χ0) is 23.8. The van der Waals surface area contributed by atoms with Crippen LogP contribution in [0.3, 0.4) is 0 Å². The van der Waals surface area contributed by atoms with E-state index in [1.807, 2.05) is 0 Å². The molecule has 2 aliphatic rings. The van der Waals surface area contributed by atoms with E-state index < -0.39 is 17.9 Å². The molecule has 33 heavy (non-hydrogen) atoms. The second-order valence-electron chi connectivity index (χ2n) is 8.25. The highest BCUT2D eigenvalue weighted by molar-refractivity contribution is 6.32. The number of anilines is 1. The first-order valence-electron chi connectivity index (χ1n) is 10.4. The van der Waals surface area contributed by atoms with Gasteiger partial charge in [-0.2, -0.15) is 0 Å². The summed E-state index contributed by atoms with van der Waals surface area (Å²) in [6.07, 6.45) is 0.00435. The normalized spacial score (nSPS) is 21.1. The van der Waals surface area contributed by atoms with Crippen molar-refractivity contribution in [2.24, 2.45) is 0 Å². The molecule has 2 N–H and O–H groups in total. The number of likely N-dealkylation sites (tertiary alicyclic amines) is 1. The van der Waals surface area contributed by atoms with Crippen molar-refractivity contribution in [3.8, 4) is 5.75 Å². The molecule has 2 aromatic carbocycles. The highest BCUT2D eigenvalue weighted by Gasteiger charge is 2.38. The lowest BCUT2D eigenvalue weighted by Crippen LogP contribution is -2.50. The Hall–Kier alpha value is -2.78. The fourth-order valence-corrected chi connectivity index (χ4v) is 4.68. The van der Waals surface area contributed by atoms with Gasteiger partial charge in [0.25, 0.3) is 0 Å². The number of ketones is 1. The first-order chi connectivity index (χ1) is 15.6. The summed E-state index contributed by atoms with van der Waals surface area (Å²) in [5, 5.41) is -0.333. The zero-order valence-electron chi connectivity index (χ0n) is 17.5. The maximum absolute atomic E-state index is 13.1. The SMILES string of the molecule is Nc1cc(Cl)c(OC(F)(F)F)cc1C(=O)/C=C/N1C2CCC1CN(Cc1ccc(F)cc1)C2. The van der Waals surface area contributed by atoms with Crippen LogP contribution in [0.25, 0.3) is 0 Å². The fourth-order valence-electron chi connectivity index (χ4n) is 4.47. The number of nitrogens with zero attached hydrogens (tertiary/aromatic N) is 2. The van der Waals surface area contributed by atoms with Gasteiger partial charge in [0.1, 0.15) is 11.6 Å². The molecule has 2 aliphatic heterocycles. The molecule has 176 valence electrons. The summed E-state index contributed by atoms with van der Waals surface area (Å²) in [6.45, 7) is 2.30. The van der Waals surface area contributed by atoms with Gasteiger partial charge in [-0.25, -0.2) is 4.39 Å². The minimum Gasteiger partial charge on any atom is -0.404 e. The molecule has 0 amide bonds. The minimum absolute atomic E-state index is 0.0312. The predicted molar refractivity (Wildman–Crippen MR) is 116 cm³/mol. The van der Waals surface area contributed by atoms with Crippen LogP contribution in [-0.4, -0.2) is 47.1 Å². The van der Waals surface area contributed by atoms with Crippen LogP contribution in [0, 0.1) is 5.82 Å². The number of hydrogen-bond acceptors (Lipinski definition) is 5. The largest absolute Gasteiger partial charge is 0.573 e. The van der Waals surface area contributed by atoms with E-state index in [9.17, 15) is 22.4 Å². The number of rotatable bonds is 6. The number of carbonyl (C=O) groups is 1. The Morgan fingerprint density at radius 3 is 2.39 bits per heavy atom. The Morgan fingerprint density at radius 2 is 1.79 bits per heavy atom. The fraction of sp³-hybridized carbons (Fsp3) is 0.348. The second-order valence-corrected chi connectivity index (χ2v) is 8.66. The zero-order valence-corrected chi connectivity index (χ0v) is 18.2. The van der Waals surface area contributed by atoms with Crippen molar-refractivity contribution >= 4 is 23.1 Å². The Bertz CT molecular complexity index is 1040. The Morgan fingerprint density at radius 1 is 1.15 bits per heavy atom. The van der Waals surface area contributed by atoms with Crippen molar-refractivity contribution in [3.63, 3.8) is 0 Å². The number of benzene rings is 2. The third-order valence-corrected chi connectivity index (χ3v) is 6.22. The molecule has 2 heterocycles. The van der Waals surface area contributed by atoms with Gasteiger partial charge in [-0.1, -0.05) is 23.7 Å². The summed E-state index contributed by atoms with van der Waals surface area (Å²) in [4.78, 5) is 17.1. The van der Waals surface area contributed by atoms with E-state index in [1.165, 1.54) is 18.2 Å². The molecule has 2 atom stereocenters. The summed E-state index contributed by atoms with van der Waals surface area (Å²) in [5.74, 6) is -1.48. The topological polar surface area (TPSA) is 58.8 Å². The van der Waals surface area contributed by atoms with Crippen LogP contribution >= 0.6 is 11.6 Å². The molecule has 2 fully saturated rings. The average molecular weight is 484 g/mol. The van der Waals surface area contributed by atoms with Crippen molar-refractivity contribution in [1.82, 2.24) is 9.80 Å². The molecule has 2 aromatic rings. The molecule has 10 heteroatoms. The van der Waals surface area contributed by atoms with Crippen LogP contribution in [-0.2, 0) is 6.54 Å². The quantitative estimate of drug-likeness (QED) is 0.271. The summed E-state index contributed by atoms with van der Waals surface area (Å²) in [6, 6.07) is 8.84. The first kappa shape index (κ1) is 23.4.